The van der Waals surface area contributed by atoms with Crippen LogP contribution in [0.15, 0.2) is 0 Å². The van der Waals surface area contributed by atoms with Gasteiger partial charge in [-0.2, -0.15) is 0 Å². The molecule has 0 saturated carbocycles. The lowest BCUT2D eigenvalue weighted by Crippen LogP contribution is -2.44. The van der Waals surface area contributed by atoms with Crippen molar-refractivity contribution >= 4 is 22.0 Å². The third kappa shape index (κ3) is 5.88. The number of carboxylic acids is 1. The van der Waals surface area contributed by atoms with Crippen LogP contribution in [0, 0.1) is 0 Å². The van der Waals surface area contributed by atoms with E-state index < -0.39 is 16.0 Å². The average Bonchev–Trinajstić information content (AvgIpc) is 2.70. The molecule has 1 rings (SSSR count). The van der Waals surface area contributed by atoms with Crippen LogP contribution in [-0.4, -0.2) is 55.3 Å². The highest BCUT2D eigenvalue weighted by Crippen LogP contribution is 2.19. The molecule has 1 aliphatic rings. The monoisotopic (exact) mass is 293 g/mol. The number of nitrogens with zero attached hydrogens (tertiary/aromatic N) is 1. The first-order valence-corrected chi connectivity index (χ1v) is 7.78. The number of amides is 2. The normalized spacial score (nSPS) is 19.4. The molecule has 19 heavy (non-hydrogen) atoms. The topological polar surface area (TPSA) is 130 Å². The number of sulfonamides is 1. The highest BCUT2D eigenvalue weighted by atomic mass is 32.2. The van der Waals surface area contributed by atoms with Crippen LogP contribution in [0.2, 0.25) is 0 Å². The van der Waals surface area contributed by atoms with E-state index >= 15 is 0 Å². The van der Waals surface area contributed by atoms with E-state index in [9.17, 15) is 18.0 Å². The highest BCUT2D eigenvalue weighted by molar-refractivity contribution is 7.89. The van der Waals surface area contributed by atoms with Gasteiger partial charge in [-0.25, -0.2) is 18.4 Å². The lowest BCUT2D eigenvalue weighted by Gasteiger charge is -2.23. The molecular formula is C10H19N3O5S. The molecule has 0 radical (unpaired) electrons. The zero-order valence-electron chi connectivity index (χ0n) is 10.5. The number of hydrogen-bond acceptors (Lipinski definition) is 4. The van der Waals surface area contributed by atoms with Gasteiger partial charge in [0.25, 0.3) is 0 Å². The molecule has 0 bridgehead atoms. The molecule has 9 heteroatoms. The summed E-state index contributed by atoms with van der Waals surface area (Å²) in [5, 5.41) is 16.1. The molecule has 1 saturated heterocycles. The molecule has 1 unspecified atom stereocenters. The Bertz CT molecular complexity index is 436. The predicted molar refractivity (Wildman–Crippen MR) is 68.0 cm³/mol. The number of aliphatic carboxylic acids is 1. The molecule has 1 fully saturated rings. The standard InChI is InChI=1S/C10H19N3O5S/c11-19(17,18)6-2-4-12-10(16)13-5-1-3-8(13)7-9(14)15/h8H,1-7H2,(H,12,16)(H,14,15)(H2,11,17,18). The van der Waals surface area contributed by atoms with Crippen LogP contribution in [-0.2, 0) is 14.8 Å². The third-order valence-electron chi connectivity index (χ3n) is 2.93. The second kappa shape index (κ2) is 6.71. The van der Waals surface area contributed by atoms with Crippen molar-refractivity contribution in [2.45, 2.75) is 31.7 Å². The van der Waals surface area contributed by atoms with Gasteiger partial charge < -0.3 is 15.3 Å². The summed E-state index contributed by atoms with van der Waals surface area (Å²) < 4.78 is 21.4. The largest absolute Gasteiger partial charge is 0.481 e. The first kappa shape index (κ1) is 15.7. The number of urea groups is 1. The summed E-state index contributed by atoms with van der Waals surface area (Å²) in [5.41, 5.74) is 0. The lowest BCUT2D eigenvalue weighted by molar-refractivity contribution is -0.137. The summed E-state index contributed by atoms with van der Waals surface area (Å²) in [5.74, 6) is -1.12. The van der Waals surface area contributed by atoms with Crippen molar-refractivity contribution in [3.8, 4) is 0 Å². The number of carboxylic acid groups (broad SMARTS) is 1. The van der Waals surface area contributed by atoms with Gasteiger partial charge >= 0.3 is 12.0 Å². The van der Waals surface area contributed by atoms with Crippen LogP contribution in [0.5, 0.6) is 0 Å². The van der Waals surface area contributed by atoms with Crippen molar-refractivity contribution in [2.75, 3.05) is 18.8 Å². The molecule has 0 spiro atoms. The Morgan fingerprint density at radius 3 is 2.68 bits per heavy atom. The fraction of sp³-hybridized carbons (Fsp3) is 0.800. The van der Waals surface area contributed by atoms with Gasteiger partial charge in [-0.3, -0.25) is 4.79 Å². The minimum absolute atomic E-state index is 0.0649. The Balaban J connectivity index is 2.34. The van der Waals surface area contributed by atoms with E-state index in [4.69, 9.17) is 10.2 Å². The van der Waals surface area contributed by atoms with Crippen LogP contribution >= 0.6 is 0 Å². The van der Waals surface area contributed by atoms with Gasteiger partial charge in [0, 0.05) is 19.1 Å². The zero-order chi connectivity index (χ0) is 14.5. The van der Waals surface area contributed by atoms with Crippen molar-refractivity contribution in [2.24, 2.45) is 5.14 Å². The van der Waals surface area contributed by atoms with E-state index in [-0.39, 0.29) is 37.2 Å². The molecule has 1 atom stereocenters. The number of carbonyl (C=O) groups excluding carboxylic acids is 1. The Hall–Kier alpha value is -1.35. The minimum Gasteiger partial charge on any atom is -0.481 e. The second-order valence-corrected chi connectivity index (χ2v) is 6.27. The number of carbonyl (C=O) groups is 2. The second-order valence-electron chi connectivity index (χ2n) is 4.54. The first-order valence-electron chi connectivity index (χ1n) is 6.06. The van der Waals surface area contributed by atoms with Gasteiger partial charge in [-0.05, 0) is 19.3 Å². The summed E-state index contributed by atoms with van der Waals surface area (Å²) in [6.07, 6.45) is 1.63. The number of primary sulfonamides is 1. The van der Waals surface area contributed by atoms with Gasteiger partial charge in [-0.1, -0.05) is 0 Å². The van der Waals surface area contributed by atoms with Crippen LogP contribution in [0.4, 0.5) is 4.79 Å². The Morgan fingerprint density at radius 2 is 2.11 bits per heavy atom. The van der Waals surface area contributed by atoms with E-state index in [1.54, 1.807) is 0 Å². The number of hydrogen-bond donors (Lipinski definition) is 3. The number of rotatable bonds is 6. The minimum atomic E-state index is -3.51. The van der Waals surface area contributed by atoms with Gasteiger partial charge in [0.1, 0.15) is 0 Å². The van der Waals surface area contributed by atoms with Crippen molar-refractivity contribution in [3.63, 3.8) is 0 Å². The van der Waals surface area contributed by atoms with Crippen LogP contribution in [0.25, 0.3) is 0 Å². The quantitative estimate of drug-likeness (QED) is 0.558. The van der Waals surface area contributed by atoms with Gasteiger partial charge in [0.15, 0.2) is 0 Å². The van der Waals surface area contributed by atoms with Crippen LogP contribution < -0.4 is 10.5 Å². The molecular weight excluding hydrogens is 274 g/mol. The van der Waals surface area contributed by atoms with E-state index in [1.807, 2.05) is 0 Å². The fourth-order valence-electron chi connectivity index (χ4n) is 2.09. The number of likely N-dealkylation sites (tertiary alicyclic amines) is 1. The van der Waals surface area contributed by atoms with Crippen LogP contribution in [0.1, 0.15) is 25.7 Å². The summed E-state index contributed by atoms with van der Waals surface area (Å²) in [6, 6.07) is -0.631. The molecule has 0 aromatic heterocycles. The van der Waals surface area contributed by atoms with Crippen LogP contribution in [0.3, 0.4) is 0 Å². The van der Waals surface area contributed by atoms with E-state index in [0.717, 1.165) is 6.42 Å². The molecule has 0 aromatic carbocycles. The maximum atomic E-state index is 11.8. The molecule has 110 valence electrons. The summed E-state index contributed by atoms with van der Waals surface area (Å²) >= 11 is 0. The van der Waals surface area contributed by atoms with Gasteiger partial charge in [-0.15, -0.1) is 0 Å². The average molecular weight is 293 g/mol. The SMILES string of the molecule is NS(=O)(=O)CCCNC(=O)N1CCCC1CC(=O)O. The van der Waals surface area contributed by atoms with Gasteiger partial charge in [0.05, 0.1) is 12.2 Å². The number of nitrogens with one attached hydrogen (secondary N) is 1. The molecule has 0 aliphatic carbocycles. The smallest absolute Gasteiger partial charge is 0.317 e. The molecule has 0 aromatic rings. The van der Waals surface area contributed by atoms with Crippen molar-refractivity contribution in [3.05, 3.63) is 0 Å². The molecule has 4 N–H and O–H groups in total. The molecule has 2 amide bonds. The molecule has 1 aliphatic heterocycles. The predicted octanol–water partition coefficient (Wildman–Crippen LogP) is -0.686. The zero-order valence-corrected chi connectivity index (χ0v) is 11.4. The van der Waals surface area contributed by atoms with E-state index in [1.165, 1.54) is 4.90 Å². The van der Waals surface area contributed by atoms with E-state index in [0.29, 0.717) is 13.0 Å². The number of nitrogens with two attached hydrogens (primary N) is 1. The maximum Gasteiger partial charge on any atom is 0.317 e. The Kier molecular flexibility index (Phi) is 5.55. The lowest BCUT2D eigenvalue weighted by atomic mass is 10.1. The third-order valence-corrected chi connectivity index (χ3v) is 3.79. The van der Waals surface area contributed by atoms with E-state index in [2.05, 4.69) is 5.32 Å². The summed E-state index contributed by atoms with van der Waals surface area (Å²) in [7, 11) is -3.51. The maximum absolute atomic E-state index is 11.8. The fourth-order valence-corrected chi connectivity index (χ4v) is 2.63. The van der Waals surface area contributed by atoms with Crippen molar-refractivity contribution in [1.82, 2.24) is 10.2 Å². The van der Waals surface area contributed by atoms with Crippen molar-refractivity contribution in [1.29, 1.82) is 0 Å². The summed E-state index contributed by atoms with van der Waals surface area (Å²) in [4.78, 5) is 23.9. The van der Waals surface area contributed by atoms with Gasteiger partial charge in [0.2, 0.25) is 10.0 Å². The molecule has 8 nitrogen and oxygen atoms in total. The Labute approximate surface area is 112 Å². The Morgan fingerprint density at radius 1 is 1.42 bits per heavy atom. The highest BCUT2D eigenvalue weighted by Gasteiger charge is 2.30. The first-order chi connectivity index (χ1) is 8.79. The van der Waals surface area contributed by atoms with Crippen molar-refractivity contribution < 1.29 is 23.1 Å². The summed E-state index contributed by atoms with van der Waals surface area (Å²) in [6.45, 7) is 0.727. The molecule has 1 heterocycles.